The number of nitrogens with zero attached hydrogens (tertiary/aromatic N) is 4. The Morgan fingerprint density at radius 1 is 1.03 bits per heavy atom. The maximum atomic E-state index is 13.4. The second kappa shape index (κ2) is 8.87. The lowest BCUT2D eigenvalue weighted by atomic mass is 10.0. The Hall–Kier alpha value is -3.37. The lowest BCUT2D eigenvalue weighted by Crippen LogP contribution is -2.50. The summed E-state index contributed by atoms with van der Waals surface area (Å²) in [4.78, 5) is 29.9. The van der Waals surface area contributed by atoms with Crippen LogP contribution in [0.1, 0.15) is 35.8 Å². The molecule has 1 aliphatic heterocycles. The minimum atomic E-state index is -3.81. The largest absolute Gasteiger partial charge is 0.336 e. The molecule has 4 rings (SSSR count). The van der Waals surface area contributed by atoms with Gasteiger partial charge in [-0.1, -0.05) is 32.0 Å². The molecule has 2 heterocycles. The van der Waals surface area contributed by atoms with Gasteiger partial charge in [0.25, 0.3) is 11.6 Å². The zero-order chi connectivity index (χ0) is 23.8. The predicted molar refractivity (Wildman–Crippen MR) is 124 cm³/mol. The molecule has 0 N–H and O–H groups in total. The van der Waals surface area contributed by atoms with Crippen LogP contribution in [0.15, 0.2) is 59.5 Å². The molecule has 0 bridgehead atoms. The minimum Gasteiger partial charge on any atom is -0.336 e. The molecule has 0 atom stereocenters. The molecule has 0 aliphatic carbocycles. The van der Waals surface area contributed by atoms with Gasteiger partial charge < -0.3 is 4.90 Å². The quantitative estimate of drug-likeness (QED) is 0.419. The molecule has 10 heteroatoms. The van der Waals surface area contributed by atoms with Crippen molar-refractivity contribution in [3.63, 3.8) is 0 Å². The second-order valence-corrected chi connectivity index (χ2v) is 10.2. The number of amides is 1. The molecule has 1 amide bonds. The molecule has 0 saturated carbocycles. The van der Waals surface area contributed by atoms with Crippen molar-refractivity contribution >= 4 is 32.5 Å². The van der Waals surface area contributed by atoms with Crippen LogP contribution in [0.25, 0.3) is 10.9 Å². The van der Waals surface area contributed by atoms with Gasteiger partial charge in [0.2, 0.25) is 10.0 Å². The fourth-order valence-electron chi connectivity index (χ4n) is 3.86. The van der Waals surface area contributed by atoms with Gasteiger partial charge in [-0.25, -0.2) is 8.42 Å². The molecule has 9 nitrogen and oxygen atoms in total. The van der Waals surface area contributed by atoms with E-state index in [1.54, 1.807) is 4.90 Å². The molecule has 1 fully saturated rings. The third-order valence-corrected chi connectivity index (χ3v) is 7.68. The summed E-state index contributed by atoms with van der Waals surface area (Å²) in [5.41, 5.74) is 1.98. The van der Waals surface area contributed by atoms with Crippen molar-refractivity contribution in [2.24, 2.45) is 0 Å². The van der Waals surface area contributed by atoms with Crippen LogP contribution in [0.3, 0.4) is 0 Å². The van der Waals surface area contributed by atoms with E-state index >= 15 is 0 Å². The van der Waals surface area contributed by atoms with Gasteiger partial charge >= 0.3 is 0 Å². The third kappa shape index (κ3) is 4.44. The molecule has 0 radical (unpaired) electrons. The number of nitro groups is 1. The number of carbonyl (C=O) groups excluding carboxylic acids is 1. The van der Waals surface area contributed by atoms with Crippen molar-refractivity contribution in [1.82, 2.24) is 14.2 Å². The average molecular weight is 469 g/mol. The van der Waals surface area contributed by atoms with Crippen molar-refractivity contribution in [2.45, 2.75) is 24.7 Å². The van der Waals surface area contributed by atoms with Crippen molar-refractivity contribution in [2.75, 3.05) is 26.2 Å². The number of hydrogen-bond acceptors (Lipinski definition) is 6. The molecule has 1 aliphatic rings. The van der Waals surface area contributed by atoms with Gasteiger partial charge in [-0.05, 0) is 30.2 Å². The number of piperazine rings is 1. The van der Waals surface area contributed by atoms with Crippen LogP contribution < -0.4 is 0 Å². The Balaban J connectivity index is 1.53. The average Bonchev–Trinajstić information content (AvgIpc) is 2.83. The SMILES string of the molecule is CC(C)c1cc(C(=O)N2CCN(S(=O)(=O)c3ccc([N+](=O)[O-])cc3)CC2)c2ccccc2n1. The van der Waals surface area contributed by atoms with E-state index in [1.165, 1.54) is 28.6 Å². The predicted octanol–water partition coefficient (Wildman–Crippen LogP) is 3.41. The molecule has 2 aromatic carbocycles. The molecule has 3 aromatic rings. The summed E-state index contributed by atoms with van der Waals surface area (Å²) >= 11 is 0. The molecule has 172 valence electrons. The molecule has 0 unspecified atom stereocenters. The molecular weight excluding hydrogens is 444 g/mol. The monoisotopic (exact) mass is 468 g/mol. The van der Waals surface area contributed by atoms with Crippen LogP contribution in [-0.4, -0.2) is 59.6 Å². The van der Waals surface area contributed by atoms with E-state index in [0.29, 0.717) is 5.56 Å². The van der Waals surface area contributed by atoms with Crippen molar-refractivity contribution in [3.05, 3.63) is 76.0 Å². The van der Waals surface area contributed by atoms with Crippen molar-refractivity contribution in [1.29, 1.82) is 0 Å². The summed E-state index contributed by atoms with van der Waals surface area (Å²) in [7, 11) is -3.81. The van der Waals surface area contributed by atoms with Gasteiger partial charge in [0, 0.05) is 49.4 Å². The Kier molecular flexibility index (Phi) is 6.13. The van der Waals surface area contributed by atoms with E-state index in [0.717, 1.165) is 16.6 Å². The lowest BCUT2D eigenvalue weighted by molar-refractivity contribution is -0.384. The standard InChI is InChI=1S/C23H24N4O5S/c1-16(2)22-15-20(19-5-3-4-6-21(19)24-22)23(28)25-11-13-26(14-12-25)33(31,32)18-9-7-17(8-10-18)27(29)30/h3-10,15-16H,11-14H2,1-2H3. The van der Waals surface area contributed by atoms with Gasteiger partial charge in [0.05, 0.1) is 20.9 Å². The third-order valence-electron chi connectivity index (χ3n) is 5.77. The van der Waals surface area contributed by atoms with Crippen molar-refractivity contribution < 1.29 is 18.1 Å². The first-order valence-corrected chi connectivity index (χ1v) is 12.1. The van der Waals surface area contributed by atoms with Crippen molar-refractivity contribution in [3.8, 4) is 0 Å². The molecule has 1 aromatic heterocycles. The van der Waals surface area contributed by atoms with Crippen LogP contribution in [0.5, 0.6) is 0 Å². The number of carbonyl (C=O) groups is 1. The number of sulfonamides is 1. The molecule has 0 spiro atoms. The Bertz CT molecular complexity index is 1310. The second-order valence-electron chi connectivity index (χ2n) is 8.21. The fourth-order valence-corrected chi connectivity index (χ4v) is 5.28. The summed E-state index contributed by atoms with van der Waals surface area (Å²) in [6.45, 7) is 4.83. The zero-order valence-electron chi connectivity index (χ0n) is 18.3. The van der Waals surface area contributed by atoms with Crippen LogP contribution in [-0.2, 0) is 10.0 Å². The van der Waals surface area contributed by atoms with Gasteiger partial charge in [-0.2, -0.15) is 4.31 Å². The van der Waals surface area contributed by atoms with Crippen LogP contribution in [0.2, 0.25) is 0 Å². The van der Waals surface area contributed by atoms with E-state index in [2.05, 4.69) is 4.98 Å². The number of rotatable bonds is 5. The highest BCUT2D eigenvalue weighted by Crippen LogP contribution is 2.25. The zero-order valence-corrected chi connectivity index (χ0v) is 19.2. The maximum Gasteiger partial charge on any atom is 0.269 e. The summed E-state index contributed by atoms with van der Waals surface area (Å²) in [5, 5.41) is 11.6. The topological polar surface area (TPSA) is 114 Å². The number of hydrogen-bond donors (Lipinski definition) is 0. The maximum absolute atomic E-state index is 13.4. The first-order chi connectivity index (χ1) is 15.7. The lowest BCUT2D eigenvalue weighted by Gasteiger charge is -2.34. The van der Waals surface area contributed by atoms with E-state index in [1.807, 2.05) is 44.2 Å². The number of benzene rings is 2. The highest BCUT2D eigenvalue weighted by atomic mass is 32.2. The Morgan fingerprint density at radius 2 is 1.67 bits per heavy atom. The minimum absolute atomic E-state index is 0.00502. The summed E-state index contributed by atoms with van der Waals surface area (Å²) < 4.78 is 27.2. The fraction of sp³-hybridized carbons (Fsp3) is 0.304. The number of aromatic nitrogens is 1. The normalized spacial score (nSPS) is 15.2. The smallest absolute Gasteiger partial charge is 0.269 e. The van der Waals surface area contributed by atoms with Crippen LogP contribution in [0, 0.1) is 10.1 Å². The van der Waals surface area contributed by atoms with Crippen LogP contribution >= 0.6 is 0 Å². The first kappa shape index (κ1) is 22.8. The van der Waals surface area contributed by atoms with Gasteiger partial charge in [0.1, 0.15) is 0 Å². The molecular formula is C23H24N4O5S. The van der Waals surface area contributed by atoms with E-state index in [-0.39, 0.29) is 48.6 Å². The van der Waals surface area contributed by atoms with E-state index in [4.69, 9.17) is 0 Å². The first-order valence-electron chi connectivity index (χ1n) is 10.6. The van der Waals surface area contributed by atoms with E-state index < -0.39 is 14.9 Å². The summed E-state index contributed by atoms with van der Waals surface area (Å²) in [5.74, 6) is 0.00715. The number of non-ortho nitro benzene ring substituents is 1. The summed E-state index contributed by atoms with van der Waals surface area (Å²) in [6.07, 6.45) is 0. The highest BCUT2D eigenvalue weighted by molar-refractivity contribution is 7.89. The number of nitro benzene ring substituents is 1. The van der Waals surface area contributed by atoms with Gasteiger partial charge in [-0.15, -0.1) is 0 Å². The highest BCUT2D eigenvalue weighted by Gasteiger charge is 2.31. The molecule has 1 saturated heterocycles. The Labute approximate surface area is 191 Å². The molecule has 33 heavy (non-hydrogen) atoms. The number of para-hydroxylation sites is 1. The number of fused-ring (bicyclic) bond motifs is 1. The van der Waals surface area contributed by atoms with Gasteiger partial charge in [-0.3, -0.25) is 19.9 Å². The Morgan fingerprint density at radius 3 is 2.27 bits per heavy atom. The van der Waals surface area contributed by atoms with E-state index in [9.17, 15) is 23.3 Å². The van der Waals surface area contributed by atoms with Crippen LogP contribution in [0.4, 0.5) is 5.69 Å². The summed E-state index contributed by atoms with van der Waals surface area (Å²) in [6, 6.07) is 14.2. The number of pyridine rings is 1. The van der Waals surface area contributed by atoms with Gasteiger partial charge in [0.15, 0.2) is 0 Å².